The first-order valence-corrected chi connectivity index (χ1v) is 8.32. The highest BCUT2D eigenvalue weighted by atomic mass is 32.7. The molecule has 0 aliphatic heterocycles. The maximum Gasteiger partial charge on any atom is 0.441 e. The van der Waals surface area contributed by atoms with Gasteiger partial charge in [0.2, 0.25) is 0 Å². The maximum absolute atomic E-state index is 12.2. The Morgan fingerprint density at radius 3 is 2.59 bits per heavy atom. The monoisotopic (exact) mass is 270 g/mol. The molecule has 0 saturated carbocycles. The van der Waals surface area contributed by atoms with Gasteiger partial charge in [0.15, 0.2) is 0 Å². The smallest absolute Gasteiger partial charge is 0.417 e. The van der Waals surface area contributed by atoms with Crippen molar-refractivity contribution in [3.8, 4) is 18.1 Å². The number of hydrogen-bond acceptors (Lipinski definition) is 4. The quantitative estimate of drug-likeness (QED) is 0.580. The third kappa shape index (κ3) is 4.87. The van der Waals surface area contributed by atoms with Gasteiger partial charge < -0.3 is 4.52 Å². The summed E-state index contributed by atoms with van der Waals surface area (Å²) in [5.74, 6) is 3.23. The van der Waals surface area contributed by atoms with Crippen LogP contribution in [-0.4, -0.2) is 12.4 Å². The minimum absolute atomic E-state index is 0.295. The summed E-state index contributed by atoms with van der Waals surface area (Å²) in [4.78, 5) is 0. The lowest BCUT2D eigenvalue weighted by Crippen LogP contribution is -1.95. The van der Waals surface area contributed by atoms with E-state index in [1.54, 1.807) is 19.1 Å². The third-order valence-electron chi connectivity index (χ3n) is 1.83. The van der Waals surface area contributed by atoms with Crippen LogP contribution >= 0.6 is 18.2 Å². The summed E-state index contributed by atoms with van der Waals surface area (Å²) in [6.07, 6.45) is 5.14. The largest absolute Gasteiger partial charge is 0.441 e. The van der Waals surface area contributed by atoms with E-state index in [4.69, 9.17) is 15.5 Å². The van der Waals surface area contributed by atoms with Gasteiger partial charge in [0.1, 0.15) is 5.75 Å². The first-order chi connectivity index (χ1) is 8.09. The standard InChI is InChI=1S/C12H15O3PS/c1-4-10-17-16(13,14-5-2)15-12-8-6-11(3)7-9-12/h1,6-9H,5,10H2,2-3H3. The minimum Gasteiger partial charge on any atom is -0.417 e. The van der Waals surface area contributed by atoms with Crippen molar-refractivity contribution in [2.24, 2.45) is 0 Å². The summed E-state index contributed by atoms with van der Waals surface area (Å²) in [7, 11) is 0. The van der Waals surface area contributed by atoms with Crippen molar-refractivity contribution in [3.63, 3.8) is 0 Å². The van der Waals surface area contributed by atoms with Crippen LogP contribution in [0.5, 0.6) is 5.75 Å². The molecule has 0 radical (unpaired) electrons. The van der Waals surface area contributed by atoms with E-state index < -0.39 is 6.80 Å². The van der Waals surface area contributed by atoms with E-state index >= 15 is 0 Å². The Morgan fingerprint density at radius 1 is 1.41 bits per heavy atom. The van der Waals surface area contributed by atoms with Crippen LogP contribution in [0.1, 0.15) is 12.5 Å². The van der Waals surface area contributed by atoms with E-state index in [1.165, 1.54) is 0 Å². The second kappa shape index (κ2) is 6.76. The lowest BCUT2D eigenvalue weighted by atomic mass is 10.2. The highest BCUT2D eigenvalue weighted by molar-refractivity contribution is 8.55. The number of terminal acetylenes is 1. The predicted octanol–water partition coefficient (Wildman–Crippen LogP) is 3.88. The van der Waals surface area contributed by atoms with E-state index in [0.29, 0.717) is 18.1 Å². The topological polar surface area (TPSA) is 35.5 Å². The molecule has 0 saturated heterocycles. The number of rotatable bonds is 6. The van der Waals surface area contributed by atoms with Crippen LogP contribution in [0.4, 0.5) is 0 Å². The van der Waals surface area contributed by atoms with Crippen molar-refractivity contribution < 1.29 is 13.6 Å². The lowest BCUT2D eigenvalue weighted by Gasteiger charge is -2.16. The summed E-state index contributed by atoms with van der Waals surface area (Å²) >= 11 is 1.02. The zero-order valence-electron chi connectivity index (χ0n) is 9.88. The molecule has 1 atom stereocenters. The molecule has 92 valence electrons. The van der Waals surface area contributed by atoms with Crippen molar-refractivity contribution in [2.75, 3.05) is 12.4 Å². The Labute approximate surface area is 106 Å². The van der Waals surface area contributed by atoms with Gasteiger partial charge in [-0.2, -0.15) is 0 Å². The molecular formula is C12H15O3PS. The molecule has 0 spiro atoms. The summed E-state index contributed by atoms with van der Waals surface area (Å²) in [6.45, 7) is 0.858. The average Bonchev–Trinajstić information content (AvgIpc) is 2.30. The summed E-state index contributed by atoms with van der Waals surface area (Å²) in [6, 6.07) is 7.30. The zero-order valence-corrected chi connectivity index (χ0v) is 11.6. The Bertz CT molecular complexity index is 436. The summed E-state index contributed by atoms with van der Waals surface area (Å²) in [5, 5.41) is 0. The van der Waals surface area contributed by atoms with Crippen LogP contribution in [0.25, 0.3) is 0 Å². The van der Waals surface area contributed by atoms with Crippen LogP contribution in [-0.2, 0) is 9.09 Å². The van der Waals surface area contributed by atoms with Crippen LogP contribution in [0.3, 0.4) is 0 Å². The molecule has 0 N–H and O–H groups in total. The molecule has 1 aromatic rings. The Balaban J connectivity index is 2.76. The average molecular weight is 270 g/mol. The normalized spacial score (nSPS) is 13.7. The number of aryl methyl sites for hydroxylation is 1. The van der Waals surface area contributed by atoms with E-state index in [9.17, 15) is 4.57 Å². The molecule has 1 aromatic carbocycles. The molecule has 1 unspecified atom stereocenters. The molecule has 0 amide bonds. The van der Waals surface area contributed by atoms with Crippen molar-refractivity contribution in [2.45, 2.75) is 13.8 Å². The first-order valence-electron chi connectivity index (χ1n) is 5.18. The second-order valence-electron chi connectivity index (χ2n) is 3.25. The molecule has 3 nitrogen and oxygen atoms in total. The summed E-state index contributed by atoms with van der Waals surface area (Å²) < 4.78 is 22.8. The van der Waals surface area contributed by atoms with Gasteiger partial charge in [0.05, 0.1) is 12.4 Å². The van der Waals surface area contributed by atoms with Gasteiger partial charge in [0.25, 0.3) is 0 Å². The first kappa shape index (κ1) is 14.2. The minimum atomic E-state index is -3.20. The fraction of sp³-hybridized carbons (Fsp3) is 0.333. The van der Waals surface area contributed by atoms with E-state index in [0.717, 1.165) is 16.9 Å². The van der Waals surface area contributed by atoms with Gasteiger partial charge in [-0.05, 0) is 37.4 Å². The Hall–Kier alpha value is -0.880. The second-order valence-corrected chi connectivity index (χ2v) is 7.25. The van der Waals surface area contributed by atoms with E-state index in [1.807, 2.05) is 19.1 Å². The molecule has 5 heteroatoms. The van der Waals surface area contributed by atoms with E-state index in [2.05, 4.69) is 5.92 Å². The lowest BCUT2D eigenvalue weighted by molar-refractivity contribution is 0.296. The highest BCUT2D eigenvalue weighted by Crippen LogP contribution is 2.59. The maximum atomic E-state index is 12.2. The van der Waals surface area contributed by atoms with Gasteiger partial charge in [-0.3, -0.25) is 4.52 Å². The SMILES string of the molecule is C#CCSP(=O)(OCC)Oc1ccc(C)cc1. The van der Waals surface area contributed by atoms with Crippen molar-refractivity contribution in [1.29, 1.82) is 0 Å². The molecule has 0 fully saturated rings. The third-order valence-corrected chi connectivity index (χ3v) is 5.33. The van der Waals surface area contributed by atoms with Gasteiger partial charge in [-0.15, -0.1) is 6.42 Å². The highest BCUT2D eigenvalue weighted by Gasteiger charge is 2.26. The van der Waals surface area contributed by atoms with Gasteiger partial charge in [-0.25, -0.2) is 4.57 Å². The molecular weight excluding hydrogens is 255 g/mol. The molecule has 0 heterocycles. The number of hydrogen-bond donors (Lipinski definition) is 0. The molecule has 0 aliphatic rings. The summed E-state index contributed by atoms with van der Waals surface area (Å²) in [5.41, 5.74) is 1.11. The molecule has 0 aliphatic carbocycles. The predicted molar refractivity (Wildman–Crippen MR) is 72.3 cm³/mol. The molecule has 0 bridgehead atoms. The Kier molecular flexibility index (Phi) is 5.64. The van der Waals surface area contributed by atoms with Crippen LogP contribution in [0.2, 0.25) is 0 Å². The Morgan fingerprint density at radius 2 is 2.06 bits per heavy atom. The number of benzene rings is 1. The van der Waals surface area contributed by atoms with Crippen molar-refractivity contribution >= 4 is 18.2 Å². The van der Waals surface area contributed by atoms with Gasteiger partial charge in [-0.1, -0.05) is 23.6 Å². The van der Waals surface area contributed by atoms with E-state index in [-0.39, 0.29) is 0 Å². The molecule has 17 heavy (non-hydrogen) atoms. The van der Waals surface area contributed by atoms with Gasteiger partial charge in [0, 0.05) is 0 Å². The van der Waals surface area contributed by atoms with Crippen LogP contribution < -0.4 is 4.52 Å². The zero-order chi connectivity index (χ0) is 12.7. The van der Waals surface area contributed by atoms with Crippen molar-refractivity contribution in [1.82, 2.24) is 0 Å². The molecule has 0 aromatic heterocycles. The van der Waals surface area contributed by atoms with Gasteiger partial charge >= 0.3 is 6.80 Å². The van der Waals surface area contributed by atoms with Crippen molar-refractivity contribution in [3.05, 3.63) is 29.8 Å². The fourth-order valence-corrected chi connectivity index (χ4v) is 3.86. The fourth-order valence-electron chi connectivity index (χ4n) is 1.09. The molecule has 1 rings (SSSR count). The van der Waals surface area contributed by atoms with Crippen LogP contribution in [0.15, 0.2) is 24.3 Å². The van der Waals surface area contributed by atoms with Crippen LogP contribution in [0, 0.1) is 19.3 Å².